The molecule has 2 heteroatoms. The third kappa shape index (κ3) is 4.45. The minimum Gasteiger partial charge on any atom is -0.316 e. The highest BCUT2D eigenvalue weighted by Gasteiger charge is 2.40. The highest BCUT2D eigenvalue weighted by atomic mass is 15.1. The largest absolute Gasteiger partial charge is 0.316 e. The topological polar surface area (TPSA) is 15.3 Å². The molecule has 2 nitrogen and oxygen atoms in total. The summed E-state index contributed by atoms with van der Waals surface area (Å²) in [4.78, 5) is 2.66. The Morgan fingerprint density at radius 2 is 1.86 bits per heavy atom. The molecule has 2 bridgehead atoms. The predicted octanol–water partition coefficient (Wildman–Crippen LogP) is 4.16. The average molecular weight is 295 g/mol. The molecule has 0 aromatic heterocycles. The zero-order chi connectivity index (χ0) is 15.3. The van der Waals surface area contributed by atoms with Crippen molar-refractivity contribution in [3.63, 3.8) is 0 Å². The van der Waals surface area contributed by atoms with Crippen molar-refractivity contribution in [3.05, 3.63) is 0 Å². The average Bonchev–Trinajstić information content (AvgIpc) is 3.09. The van der Waals surface area contributed by atoms with E-state index in [4.69, 9.17) is 0 Å². The summed E-state index contributed by atoms with van der Waals surface area (Å²) < 4.78 is 0. The molecule has 2 saturated carbocycles. The Hall–Kier alpha value is -0.0800. The lowest BCUT2D eigenvalue weighted by atomic mass is 9.81. The third-order valence-corrected chi connectivity index (χ3v) is 6.46. The molecule has 0 aromatic carbocycles. The fourth-order valence-electron chi connectivity index (χ4n) is 4.95. The first kappa shape index (κ1) is 17.3. The van der Waals surface area contributed by atoms with E-state index >= 15 is 0 Å². The second-order valence-corrected chi connectivity index (χ2v) is 8.02. The highest BCUT2D eigenvalue weighted by molar-refractivity contribution is 4.92. The van der Waals surface area contributed by atoms with Gasteiger partial charge in [-0.3, -0.25) is 0 Å². The molecular weight excluding hydrogens is 256 g/mol. The summed E-state index contributed by atoms with van der Waals surface area (Å²) in [6.45, 7) is 12.0. The van der Waals surface area contributed by atoms with Gasteiger partial charge in [0.25, 0.3) is 0 Å². The molecule has 0 radical (unpaired) electrons. The second kappa shape index (κ2) is 7.97. The molecule has 2 rings (SSSR count). The summed E-state index contributed by atoms with van der Waals surface area (Å²) in [5, 5.41) is 3.68. The Bertz CT molecular complexity index is 298. The third-order valence-electron chi connectivity index (χ3n) is 6.46. The number of hydrogen-bond donors (Lipinski definition) is 1. The van der Waals surface area contributed by atoms with Gasteiger partial charge in [-0.15, -0.1) is 0 Å². The molecule has 2 fully saturated rings. The van der Waals surface area contributed by atoms with Crippen LogP contribution in [0.5, 0.6) is 0 Å². The minimum absolute atomic E-state index is 0.474. The molecule has 2 aliphatic carbocycles. The number of hydrogen-bond acceptors (Lipinski definition) is 2. The lowest BCUT2D eigenvalue weighted by molar-refractivity contribution is 0.128. The van der Waals surface area contributed by atoms with Crippen molar-refractivity contribution in [1.29, 1.82) is 0 Å². The second-order valence-electron chi connectivity index (χ2n) is 8.02. The summed E-state index contributed by atoms with van der Waals surface area (Å²) in [5.74, 6) is 3.15. The number of nitrogens with zero attached hydrogens (tertiary/aromatic N) is 1. The van der Waals surface area contributed by atoms with Crippen LogP contribution in [-0.2, 0) is 0 Å². The van der Waals surface area contributed by atoms with E-state index < -0.39 is 0 Å². The molecule has 2 aliphatic rings. The lowest BCUT2D eigenvalue weighted by Gasteiger charge is -2.38. The van der Waals surface area contributed by atoms with Gasteiger partial charge in [-0.2, -0.15) is 0 Å². The Morgan fingerprint density at radius 3 is 2.38 bits per heavy atom. The monoisotopic (exact) mass is 294 g/mol. The van der Waals surface area contributed by atoms with E-state index in [2.05, 4.69) is 38.0 Å². The van der Waals surface area contributed by atoms with Gasteiger partial charge in [0, 0.05) is 19.6 Å². The Balaban J connectivity index is 1.81. The van der Waals surface area contributed by atoms with Crippen LogP contribution in [0, 0.1) is 23.2 Å². The van der Waals surface area contributed by atoms with Crippen molar-refractivity contribution < 1.29 is 0 Å². The van der Waals surface area contributed by atoms with Crippen LogP contribution in [0.4, 0.5) is 0 Å². The fraction of sp³-hybridized carbons (Fsp3) is 1.00. The summed E-state index contributed by atoms with van der Waals surface area (Å²) in [5.41, 5.74) is 0.474. The lowest BCUT2D eigenvalue weighted by Crippen LogP contribution is -2.44. The molecule has 0 heterocycles. The molecule has 1 N–H and O–H groups in total. The van der Waals surface area contributed by atoms with Crippen LogP contribution < -0.4 is 5.32 Å². The highest BCUT2D eigenvalue weighted by Crippen LogP contribution is 2.48. The molecule has 21 heavy (non-hydrogen) atoms. The maximum atomic E-state index is 3.68. The standard InChI is InChI=1S/C19H38N2/c1-5-10-20-14-19(6-2,7-3)15-21(4)13-18-12-16-8-9-17(18)11-16/h16-18,20H,5-15H2,1-4H3. The van der Waals surface area contributed by atoms with Gasteiger partial charge in [-0.05, 0) is 75.3 Å². The molecule has 0 saturated heterocycles. The molecule has 0 aliphatic heterocycles. The molecule has 124 valence electrons. The molecule has 0 aromatic rings. The van der Waals surface area contributed by atoms with E-state index in [-0.39, 0.29) is 0 Å². The van der Waals surface area contributed by atoms with Crippen LogP contribution in [0.25, 0.3) is 0 Å². The van der Waals surface area contributed by atoms with Crippen LogP contribution in [-0.4, -0.2) is 38.1 Å². The van der Waals surface area contributed by atoms with Crippen LogP contribution in [0.1, 0.15) is 65.7 Å². The van der Waals surface area contributed by atoms with E-state index in [0.29, 0.717) is 5.41 Å². The van der Waals surface area contributed by atoms with Gasteiger partial charge < -0.3 is 10.2 Å². The van der Waals surface area contributed by atoms with Gasteiger partial charge in [0.1, 0.15) is 0 Å². The molecule has 0 spiro atoms. The first-order chi connectivity index (χ1) is 10.1. The van der Waals surface area contributed by atoms with Crippen molar-refractivity contribution in [1.82, 2.24) is 10.2 Å². The molecule has 3 atom stereocenters. The molecule has 3 unspecified atom stereocenters. The quantitative estimate of drug-likeness (QED) is 0.609. The molecule has 0 amide bonds. The normalized spacial score (nSPS) is 28.7. The van der Waals surface area contributed by atoms with Gasteiger partial charge in [0.05, 0.1) is 0 Å². The number of rotatable bonds is 10. The summed E-state index contributed by atoms with van der Waals surface area (Å²) in [6, 6.07) is 0. The smallest absolute Gasteiger partial charge is 0.00470 e. The zero-order valence-electron chi connectivity index (χ0n) is 15.0. The summed E-state index contributed by atoms with van der Waals surface area (Å²) in [7, 11) is 2.37. The van der Waals surface area contributed by atoms with Gasteiger partial charge >= 0.3 is 0 Å². The Morgan fingerprint density at radius 1 is 1.10 bits per heavy atom. The predicted molar refractivity (Wildman–Crippen MR) is 92.6 cm³/mol. The van der Waals surface area contributed by atoms with Crippen LogP contribution in [0.15, 0.2) is 0 Å². The van der Waals surface area contributed by atoms with Crippen molar-refractivity contribution in [2.75, 3.05) is 33.2 Å². The number of nitrogens with one attached hydrogen (secondary N) is 1. The van der Waals surface area contributed by atoms with Crippen molar-refractivity contribution in [3.8, 4) is 0 Å². The van der Waals surface area contributed by atoms with Crippen molar-refractivity contribution in [2.24, 2.45) is 23.2 Å². The van der Waals surface area contributed by atoms with Crippen molar-refractivity contribution in [2.45, 2.75) is 65.7 Å². The SMILES string of the molecule is CCCNCC(CC)(CC)CN(C)CC1CC2CCC1C2. The van der Waals surface area contributed by atoms with Crippen LogP contribution in [0.3, 0.4) is 0 Å². The Labute approximate surface area is 133 Å². The fourth-order valence-corrected chi connectivity index (χ4v) is 4.95. The molecular formula is C19H38N2. The number of fused-ring (bicyclic) bond motifs is 2. The summed E-state index contributed by atoms with van der Waals surface area (Å²) >= 11 is 0. The maximum Gasteiger partial charge on any atom is 0.00470 e. The van der Waals surface area contributed by atoms with E-state index in [0.717, 1.165) is 24.3 Å². The van der Waals surface area contributed by atoms with Crippen molar-refractivity contribution >= 4 is 0 Å². The first-order valence-corrected chi connectivity index (χ1v) is 9.51. The van der Waals surface area contributed by atoms with E-state index in [9.17, 15) is 0 Å². The van der Waals surface area contributed by atoms with E-state index in [1.807, 2.05) is 0 Å². The first-order valence-electron chi connectivity index (χ1n) is 9.51. The van der Waals surface area contributed by atoms with E-state index in [1.165, 1.54) is 58.2 Å². The summed E-state index contributed by atoms with van der Waals surface area (Å²) in [6.07, 6.45) is 9.94. The van der Waals surface area contributed by atoms with Gasteiger partial charge in [0.15, 0.2) is 0 Å². The van der Waals surface area contributed by atoms with Gasteiger partial charge in [-0.25, -0.2) is 0 Å². The van der Waals surface area contributed by atoms with Crippen LogP contribution in [0.2, 0.25) is 0 Å². The van der Waals surface area contributed by atoms with Gasteiger partial charge in [0.2, 0.25) is 0 Å². The minimum atomic E-state index is 0.474. The van der Waals surface area contributed by atoms with E-state index in [1.54, 1.807) is 6.42 Å². The zero-order valence-corrected chi connectivity index (χ0v) is 15.0. The van der Waals surface area contributed by atoms with Gasteiger partial charge in [-0.1, -0.05) is 27.2 Å². The Kier molecular flexibility index (Phi) is 6.55. The van der Waals surface area contributed by atoms with Crippen LogP contribution >= 0.6 is 0 Å². The maximum absolute atomic E-state index is 3.68.